The zero-order chi connectivity index (χ0) is 16.9. The van der Waals surface area contributed by atoms with E-state index < -0.39 is 17.6 Å². The molecule has 0 fully saturated rings. The fourth-order valence-electron chi connectivity index (χ4n) is 1.52. The van der Waals surface area contributed by atoms with E-state index in [-0.39, 0.29) is 12.5 Å². The predicted molar refractivity (Wildman–Crippen MR) is 90.8 cm³/mol. The average molecular weight is 437 g/mol. The van der Waals surface area contributed by atoms with Gasteiger partial charge in [-0.15, -0.1) is 0 Å². The maximum absolute atomic E-state index is 12.3. The van der Waals surface area contributed by atoms with Crippen LogP contribution < -0.4 is 5.32 Å². The fraction of sp³-hybridized carbons (Fsp3) is 0.467. The van der Waals surface area contributed by atoms with Crippen molar-refractivity contribution in [2.75, 3.05) is 13.7 Å². The summed E-state index contributed by atoms with van der Waals surface area (Å²) in [7, 11) is 1.27. The van der Waals surface area contributed by atoms with Gasteiger partial charge in [-0.25, -0.2) is 4.79 Å². The minimum Gasteiger partial charge on any atom is -0.467 e. The lowest BCUT2D eigenvalue weighted by molar-refractivity contribution is -0.146. The standard InChI is InChI=1S/C15H19Br2NO4/c1-15(2,3)22-8-12(14(20)21-4)18-13(19)9-5-6-10(16)11(17)7-9/h5-7,12H,8H2,1-4H3,(H,18,19). The third-order valence-corrected chi connectivity index (χ3v) is 4.54. The van der Waals surface area contributed by atoms with Gasteiger partial charge in [0, 0.05) is 14.5 Å². The lowest BCUT2D eigenvalue weighted by Crippen LogP contribution is -2.46. The third-order valence-electron chi connectivity index (χ3n) is 2.66. The summed E-state index contributed by atoms with van der Waals surface area (Å²) in [5, 5.41) is 2.63. The molecule has 5 nitrogen and oxygen atoms in total. The Kier molecular flexibility index (Phi) is 7.02. The molecule has 1 unspecified atom stereocenters. The SMILES string of the molecule is COC(=O)C(COC(C)(C)C)NC(=O)c1ccc(Br)c(Br)c1. The van der Waals surface area contributed by atoms with E-state index in [2.05, 4.69) is 37.2 Å². The first-order valence-corrected chi connectivity index (χ1v) is 8.20. The number of hydrogen-bond donors (Lipinski definition) is 1. The molecule has 0 spiro atoms. The largest absolute Gasteiger partial charge is 0.467 e. The molecule has 1 aromatic carbocycles. The number of esters is 1. The first kappa shape index (κ1) is 19.1. The number of amides is 1. The van der Waals surface area contributed by atoms with E-state index in [1.165, 1.54) is 7.11 Å². The molecule has 0 radical (unpaired) electrons. The second-order valence-electron chi connectivity index (χ2n) is 5.60. The molecule has 122 valence electrons. The number of halogens is 2. The lowest BCUT2D eigenvalue weighted by Gasteiger charge is -2.23. The van der Waals surface area contributed by atoms with Crippen molar-refractivity contribution in [3.8, 4) is 0 Å². The van der Waals surface area contributed by atoms with E-state index in [0.29, 0.717) is 5.56 Å². The maximum Gasteiger partial charge on any atom is 0.330 e. The Morgan fingerprint density at radius 3 is 2.36 bits per heavy atom. The zero-order valence-electron chi connectivity index (χ0n) is 12.9. The van der Waals surface area contributed by atoms with Crippen molar-refractivity contribution in [2.24, 2.45) is 0 Å². The molecule has 1 amide bonds. The van der Waals surface area contributed by atoms with E-state index >= 15 is 0 Å². The molecule has 0 saturated heterocycles. The number of rotatable bonds is 5. The zero-order valence-corrected chi connectivity index (χ0v) is 16.1. The highest BCUT2D eigenvalue weighted by Crippen LogP contribution is 2.23. The molecule has 0 aliphatic heterocycles. The first-order valence-electron chi connectivity index (χ1n) is 6.62. The van der Waals surface area contributed by atoms with Crippen molar-refractivity contribution >= 4 is 43.7 Å². The Morgan fingerprint density at radius 2 is 1.86 bits per heavy atom. The molecule has 7 heteroatoms. The average Bonchev–Trinajstić information content (AvgIpc) is 2.44. The second-order valence-corrected chi connectivity index (χ2v) is 7.31. The number of methoxy groups -OCH3 is 1. The number of carbonyl (C=O) groups excluding carboxylic acids is 2. The van der Waals surface area contributed by atoms with E-state index in [4.69, 9.17) is 9.47 Å². The van der Waals surface area contributed by atoms with Gasteiger partial charge >= 0.3 is 5.97 Å². The summed E-state index contributed by atoms with van der Waals surface area (Å²) in [5.41, 5.74) is 0.0113. The molecule has 1 aromatic rings. The van der Waals surface area contributed by atoms with Gasteiger partial charge in [0.25, 0.3) is 5.91 Å². The summed E-state index contributed by atoms with van der Waals surface area (Å²) in [6.07, 6.45) is 0. The van der Waals surface area contributed by atoms with Gasteiger partial charge in [-0.2, -0.15) is 0 Å². The minimum atomic E-state index is -0.862. The number of ether oxygens (including phenoxy) is 2. The van der Waals surface area contributed by atoms with Crippen LogP contribution >= 0.6 is 31.9 Å². The van der Waals surface area contributed by atoms with Crippen LogP contribution in [0.4, 0.5) is 0 Å². The molecule has 0 aliphatic carbocycles. The third kappa shape index (κ3) is 6.06. The Labute approximate surface area is 147 Å². The summed E-state index contributed by atoms with van der Waals surface area (Å²) in [6, 6.07) is 4.21. The summed E-state index contributed by atoms with van der Waals surface area (Å²) >= 11 is 6.67. The Balaban J connectivity index is 2.81. The van der Waals surface area contributed by atoms with Gasteiger partial charge < -0.3 is 14.8 Å². The monoisotopic (exact) mass is 435 g/mol. The number of hydrogen-bond acceptors (Lipinski definition) is 4. The highest BCUT2D eigenvalue weighted by Gasteiger charge is 2.25. The van der Waals surface area contributed by atoms with Crippen LogP contribution in [0, 0.1) is 0 Å². The Bertz CT molecular complexity index is 555. The van der Waals surface area contributed by atoms with Crippen LogP contribution in [0.2, 0.25) is 0 Å². The summed E-state index contributed by atoms with van der Waals surface area (Å²) < 4.78 is 11.9. The van der Waals surface area contributed by atoms with Gasteiger partial charge in [-0.3, -0.25) is 4.79 Å². The molecule has 0 heterocycles. The van der Waals surface area contributed by atoms with Gasteiger partial charge in [-0.05, 0) is 70.8 Å². The molecule has 1 N–H and O–H groups in total. The van der Waals surface area contributed by atoms with Crippen molar-refractivity contribution in [3.63, 3.8) is 0 Å². The number of nitrogens with one attached hydrogen (secondary N) is 1. The Hall–Kier alpha value is -0.920. The van der Waals surface area contributed by atoms with Gasteiger partial charge in [0.1, 0.15) is 0 Å². The van der Waals surface area contributed by atoms with Crippen LogP contribution in [0.15, 0.2) is 27.1 Å². The smallest absolute Gasteiger partial charge is 0.330 e. The quantitative estimate of drug-likeness (QED) is 0.719. The summed E-state index contributed by atoms with van der Waals surface area (Å²) in [4.78, 5) is 24.0. The Morgan fingerprint density at radius 1 is 1.23 bits per heavy atom. The van der Waals surface area contributed by atoms with Crippen molar-refractivity contribution in [1.82, 2.24) is 5.32 Å². The predicted octanol–water partition coefficient (Wildman–Crippen LogP) is 3.30. The van der Waals surface area contributed by atoms with Crippen LogP contribution in [0.25, 0.3) is 0 Å². The molecule has 0 saturated carbocycles. The number of carbonyl (C=O) groups is 2. The molecule has 1 rings (SSSR count). The van der Waals surface area contributed by atoms with Gasteiger partial charge in [-0.1, -0.05) is 0 Å². The maximum atomic E-state index is 12.3. The van der Waals surface area contributed by atoms with Crippen LogP contribution in [0.5, 0.6) is 0 Å². The van der Waals surface area contributed by atoms with E-state index in [0.717, 1.165) is 8.95 Å². The minimum absolute atomic E-state index is 0.0413. The first-order chi connectivity index (χ1) is 10.1. The molecule has 0 bridgehead atoms. The molecule has 1 atom stereocenters. The van der Waals surface area contributed by atoms with Crippen LogP contribution in [-0.4, -0.2) is 37.2 Å². The van der Waals surface area contributed by atoms with Gasteiger partial charge in [0.2, 0.25) is 0 Å². The molecule has 0 aromatic heterocycles. The van der Waals surface area contributed by atoms with Gasteiger partial charge in [0.05, 0.1) is 19.3 Å². The summed E-state index contributed by atoms with van der Waals surface area (Å²) in [5.74, 6) is -0.921. The normalized spacial score (nSPS) is 12.6. The van der Waals surface area contributed by atoms with Crippen LogP contribution in [0.3, 0.4) is 0 Å². The van der Waals surface area contributed by atoms with Crippen molar-refractivity contribution < 1.29 is 19.1 Å². The molecular formula is C15H19Br2NO4. The van der Waals surface area contributed by atoms with E-state index in [1.54, 1.807) is 18.2 Å². The second kappa shape index (κ2) is 8.08. The summed E-state index contributed by atoms with van der Waals surface area (Å²) in [6.45, 7) is 5.65. The number of benzene rings is 1. The highest BCUT2D eigenvalue weighted by molar-refractivity contribution is 9.13. The van der Waals surface area contributed by atoms with Crippen molar-refractivity contribution in [1.29, 1.82) is 0 Å². The molecule has 0 aliphatic rings. The van der Waals surface area contributed by atoms with Crippen molar-refractivity contribution in [3.05, 3.63) is 32.7 Å². The van der Waals surface area contributed by atoms with Crippen LogP contribution in [-0.2, 0) is 14.3 Å². The molecule has 22 heavy (non-hydrogen) atoms. The van der Waals surface area contributed by atoms with Crippen molar-refractivity contribution in [2.45, 2.75) is 32.4 Å². The van der Waals surface area contributed by atoms with Crippen LogP contribution in [0.1, 0.15) is 31.1 Å². The van der Waals surface area contributed by atoms with Gasteiger partial charge in [0.15, 0.2) is 6.04 Å². The van der Waals surface area contributed by atoms with E-state index in [9.17, 15) is 9.59 Å². The fourth-order valence-corrected chi connectivity index (χ4v) is 2.15. The van der Waals surface area contributed by atoms with E-state index in [1.807, 2.05) is 20.8 Å². The highest BCUT2D eigenvalue weighted by atomic mass is 79.9. The molecular weight excluding hydrogens is 418 g/mol. The topological polar surface area (TPSA) is 64.6 Å². The lowest BCUT2D eigenvalue weighted by atomic mass is 10.1.